The zero-order chi connectivity index (χ0) is 15.3. The van der Waals surface area contributed by atoms with Crippen molar-refractivity contribution < 1.29 is 4.79 Å². The van der Waals surface area contributed by atoms with Crippen LogP contribution in [0.25, 0.3) is 0 Å². The van der Waals surface area contributed by atoms with Crippen LogP contribution in [0.3, 0.4) is 0 Å². The van der Waals surface area contributed by atoms with Crippen LogP contribution in [0, 0.1) is 16.7 Å². The summed E-state index contributed by atoms with van der Waals surface area (Å²) >= 11 is 0. The van der Waals surface area contributed by atoms with E-state index in [9.17, 15) is 4.79 Å². The fraction of sp³-hybridized carbons (Fsp3) is 0.632. The Bertz CT molecular complexity index is 550. The van der Waals surface area contributed by atoms with Crippen molar-refractivity contribution >= 4 is 5.91 Å². The molecular formula is C19H27NO. The van der Waals surface area contributed by atoms with Gasteiger partial charge in [-0.3, -0.25) is 4.79 Å². The maximum absolute atomic E-state index is 12.1. The quantitative estimate of drug-likeness (QED) is 0.875. The molecule has 0 aliphatic heterocycles. The smallest absolute Gasteiger partial charge is 0.223 e. The molecule has 1 aromatic carbocycles. The van der Waals surface area contributed by atoms with Crippen LogP contribution in [0.5, 0.6) is 0 Å². The fourth-order valence-corrected chi connectivity index (χ4v) is 5.50. The van der Waals surface area contributed by atoms with Crippen molar-refractivity contribution in [3.05, 3.63) is 35.9 Å². The van der Waals surface area contributed by atoms with E-state index < -0.39 is 0 Å². The number of carbonyl (C=O) groups is 1. The molecule has 2 aliphatic carbocycles. The molecule has 2 nitrogen and oxygen atoms in total. The van der Waals surface area contributed by atoms with Crippen LogP contribution in [0.4, 0.5) is 0 Å². The van der Waals surface area contributed by atoms with Crippen LogP contribution in [0.1, 0.15) is 58.4 Å². The second kappa shape index (κ2) is 4.59. The minimum atomic E-state index is -0.352. The highest BCUT2D eigenvalue weighted by Crippen LogP contribution is 2.60. The van der Waals surface area contributed by atoms with Crippen LogP contribution >= 0.6 is 0 Å². The lowest BCUT2D eigenvalue weighted by Crippen LogP contribution is -2.52. The molecular weight excluding hydrogens is 258 g/mol. The summed E-state index contributed by atoms with van der Waals surface area (Å²) in [6.45, 7) is 6.84. The van der Waals surface area contributed by atoms with E-state index >= 15 is 0 Å². The molecule has 0 aromatic heterocycles. The normalized spacial score (nSPS) is 38.0. The van der Waals surface area contributed by atoms with Crippen molar-refractivity contribution in [1.82, 2.24) is 0 Å². The average molecular weight is 285 g/mol. The van der Waals surface area contributed by atoms with Crippen LogP contribution < -0.4 is 5.73 Å². The third-order valence-corrected chi connectivity index (χ3v) is 5.79. The number of hydrogen-bond donors (Lipinski definition) is 1. The molecule has 2 saturated carbocycles. The highest BCUT2D eigenvalue weighted by atomic mass is 16.1. The zero-order valence-electron chi connectivity index (χ0n) is 13.5. The Morgan fingerprint density at radius 3 is 2.33 bits per heavy atom. The Morgan fingerprint density at radius 2 is 1.71 bits per heavy atom. The van der Waals surface area contributed by atoms with E-state index in [1.54, 1.807) is 0 Å². The first-order valence-electron chi connectivity index (χ1n) is 8.10. The lowest BCUT2D eigenvalue weighted by molar-refractivity contribution is -0.134. The summed E-state index contributed by atoms with van der Waals surface area (Å²) in [7, 11) is 0. The number of nitrogens with two attached hydrogens (primary N) is 1. The largest absolute Gasteiger partial charge is 0.369 e. The van der Waals surface area contributed by atoms with Gasteiger partial charge in [-0.05, 0) is 54.4 Å². The minimum Gasteiger partial charge on any atom is -0.369 e. The Labute approximate surface area is 128 Å². The standard InChI is InChI=1S/C19H27NO/c1-17(2)9-14-10-18(3,16(20)21)13-19(11-14,12-17)15-7-5-4-6-8-15/h4-8,14H,9-13H2,1-3H3,(H2,20,21). The van der Waals surface area contributed by atoms with E-state index in [0.29, 0.717) is 11.3 Å². The molecule has 114 valence electrons. The molecule has 3 rings (SSSR count). The molecule has 1 amide bonds. The lowest BCUT2D eigenvalue weighted by atomic mass is 9.47. The van der Waals surface area contributed by atoms with Crippen molar-refractivity contribution in [1.29, 1.82) is 0 Å². The van der Waals surface area contributed by atoms with Crippen molar-refractivity contribution in [2.75, 3.05) is 0 Å². The van der Waals surface area contributed by atoms with Gasteiger partial charge >= 0.3 is 0 Å². The molecule has 21 heavy (non-hydrogen) atoms. The van der Waals surface area contributed by atoms with Crippen molar-refractivity contribution in [3.8, 4) is 0 Å². The Hall–Kier alpha value is -1.31. The third-order valence-electron chi connectivity index (χ3n) is 5.79. The molecule has 2 aliphatic rings. The van der Waals surface area contributed by atoms with Gasteiger partial charge in [-0.15, -0.1) is 0 Å². The first-order valence-corrected chi connectivity index (χ1v) is 8.10. The first kappa shape index (κ1) is 14.6. The van der Waals surface area contributed by atoms with Gasteiger partial charge in [0.05, 0.1) is 0 Å². The van der Waals surface area contributed by atoms with Crippen molar-refractivity contribution in [2.45, 2.75) is 58.3 Å². The van der Waals surface area contributed by atoms with E-state index in [2.05, 4.69) is 51.1 Å². The number of benzene rings is 1. The lowest BCUT2D eigenvalue weighted by Gasteiger charge is -2.56. The Kier molecular flexibility index (Phi) is 3.20. The van der Waals surface area contributed by atoms with Crippen molar-refractivity contribution in [3.63, 3.8) is 0 Å². The van der Waals surface area contributed by atoms with Crippen LogP contribution in [0.15, 0.2) is 30.3 Å². The highest BCUT2D eigenvalue weighted by Gasteiger charge is 2.54. The third kappa shape index (κ3) is 2.49. The highest BCUT2D eigenvalue weighted by molar-refractivity contribution is 5.80. The summed E-state index contributed by atoms with van der Waals surface area (Å²) in [5, 5.41) is 0. The number of fused-ring (bicyclic) bond motifs is 2. The van der Waals surface area contributed by atoms with Gasteiger partial charge in [0.2, 0.25) is 5.91 Å². The fourth-order valence-electron chi connectivity index (χ4n) is 5.50. The number of amides is 1. The van der Waals surface area contributed by atoms with Crippen LogP contribution in [0.2, 0.25) is 0 Å². The van der Waals surface area contributed by atoms with Gasteiger partial charge in [0, 0.05) is 5.41 Å². The van der Waals surface area contributed by atoms with Gasteiger partial charge in [0.1, 0.15) is 0 Å². The molecule has 0 heterocycles. The van der Waals surface area contributed by atoms with Crippen molar-refractivity contribution in [2.24, 2.45) is 22.5 Å². The molecule has 2 fully saturated rings. The molecule has 0 saturated heterocycles. The van der Waals surface area contributed by atoms with Crippen LogP contribution in [-0.4, -0.2) is 5.91 Å². The summed E-state index contributed by atoms with van der Waals surface area (Å²) in [4.78, 5) is 12.1. The molecule has 2 N–H and O–H groups in total. The Morgan fingerprint density at radius 1 is 1.05 bits per heavy atom. The van der Waals surface area contributed by atoms with Gasteiger partial charge in [0.25, 0.3) is 0 Å². The number of primary amides is 1. The first-order chi connectivity index (χ1) is 9.75. The monoisotopic (exact) mass is 285 g/mol. The maximum Gasteiger partial charge on any atom is 0.223 e. The average Bonchev–Trinajstić information content (AvgIpc) is 2.36. The van der Waals surface area contributed by atoms with Gasteiger partial charge in [0.15, 0.2) is 0 Å². The second-order valence-electron chi connectivity index (χ2n) is 8.57. The summed E-state index contributed by atoms with van der Waals surface area (Å²) < 4.78 is 0. The van der Waals surface area contributed by atoms with Gasteiger partial charge in [-0.2, -0.15) is 0 Å². The molecule has 3 unspecified atom stereocenters. The zero-order valence-corrected chi connectivity index (χ0v) is 13.5. The van der Waals surface area contributed by atoms with E-state index in [-0.39, 0.29) is 16.7 Å². The SMILES string of the molecule is CC1(C)CC2CC(C)(C(N)=O)CC(c3ccccc3)(C2)C1. The molecule has 0 spiro atoms. The predicted molar refractivity (Wildman–Crippen MR) is 85.8 cm³/mol. The second-order valence-corrected chi connectivity index (χ2v) is 8.57. The Balaban J connectivity index is 2.07. The summed E-state index contributed by atoms with van der Waals surface area (Å²) in [5.41, 5.74) is 7.28. The molecule has 2 bridgehead atoms. The molecule has 1 aromatic rings. The molecule has 2 heteroatoms. The molecule has 3 atom stereocenters. The maximum atomic E-state index is 12.1. The summed E-state index contributed by atoms with van der Waals surface area (Å²) in [5.74, 6) is 0.493. The van der Waals surface area contributed by atoms with Crippen LogP contribution in [-0.2, 0) is 10.2 Å². The number of rotatable bonds is 2. The van der Waals surface area contributed by atoms with E-state index in [4.69, 9.17) is 5.73 Å². The predicted octanol–water partition coefficient (Wildman–Crippen LogP) is 4.04. The number of carbonyl (C=O) groups excluding carboxylic acids is 1. The number of hydrogen-bond acceptors (Lipinski definition) is 1. The topological polar surface area (TPSA) is 43.1 Å². The molecule has 0 radical (unpaired) electrons. The van der Waals surface area contributed by atoms with E-state index in [0.717, 1.165) is 19.3 Å². The van der Waals surface area contributed by atoms with Gasteiger partial charge in [-0.25, -0.2) is 0 Å². The van der Waals surface area contributed by atoms with E-state index in [1.807, 2.05) is 0 Å². The van der Waals surface area contributed by atoms with E-state index in [1.165, 1.54) is 18.4 Å². The van der Waals surface area contributed by atoms with Gasteiger partial charge in [-0.1, -0.05) is 51.1 Å². The van der Waals surface area contributed by atoms with Gasteiger partial charge < -0.3 is 5.73 Å². The summed E-state index contributed by atoms with van der Waals surface area (Å²) in [6.07, 6.45) is 5.44. The summed E-state index contributed by atoms with van der Waals surface area (Å²) in [6, 6.07) is 10.8. The minimum absolute atomic E-state index is 0.118.